The first-order valence-corrected chi connectivity index (χ1v) is 8.06. The number of hydrogen-bond donors (Lipinski definition) is 1. The van der Waals surface area contributed by atoms with Gasteiger partial charge in [-0.3, -0.25) is 4.21 Å². The van der Waals surface area contributed by atoms with Gasteiger partial charge in [0.25, 0.3) is 0 Å². The Morgan fingerprint density at radius 2 is 1.89 bits per heavy atom. The van der Waals surface area contributed by atoms with E-state index in [0.717, 1.165) is 11.3 Å². The predicted molar refractivity (Wildman–Crippen MR) is 82.1 cm³/mol. The van der Waals surface area contributed by atoms with Gasteiger partial charge in [0, 0.05) is 33.4 Å². The molecule has 0 saturated carbocycles. The number of ether oxygens (including phenoxy) is 1. The second-order valence-corrected chi connectivity index (χ2v) is 6.92. The maximum atomic E-state index is 12.4. The van der Waals surface area contributed by atoms with Crippen molar-refractivity contribution in [3.05, 3.63) is 29.8 Å². The van der Waals surface area contributed by atoms with Crippen LogP contribution >= 0.6 is 0 Å². The number of nitrogens with one attached hydrogen (secondary N) is 1. The highest BCUT2D eigenvalue weighted by molar-refractivity contribution is 7.85. The van der Waals surface area contributed by atoms with E-state index in [9.17, 15) is 4.21 Å². The maximum absolute atomic E-state index is 12.4. The normalized spacial score (nSPS) is 16.1. The minimum Gasteiger partial charge on any atom is -0.496 e. The molecule has 0 radical (unpaired) electrons. The molecule has 0 bridgehead atoms. The largest absolute Gasteiger partial charge is 0.496 e. The third-order valence-electron chi connectivity index (χ3n) is 3.55. The summed E-state index contributed by atoms with van der Waals surface area (Å²) in [5, 5.41) is 3.44. The zero-order valence-electron chi connectivity index (χ0n) is 12.5. The molecule has 1 aromatic rings. The lowest BCUT2D eigenvalue weighted by atomic mass is 10.1. The van der Waals surface area contributed by atoms with Crippen LogP contribution in [0.3, 0.4) is 0 Å². The molecule has 1 N–H and O–H groups in total. The Labute approximate surface area is 119 Å². The summed E-state index contributed by atoms with van der Waals surface area (Å²) in [6.45, 7) is 6.27. The fourth-order valence-corrected chi connectivity index (χ4v) is 3.49. The summed E-state index contributed by atoms with van der Waals surface area (Å²) in [5.41, 5.74) is 1.07. The maximum Gasteiger partial charge on any atom is 0.123 e. The summed E-state index contributed by atoms with van der Waals surface area (Å²) in [7, 11) is 2.71. The van der Waals surface area contributed by atoms with Crippen molar-refractivity contribution in [3.8, 4) is 5.75 Å². The molecular weight excluding hydrogens is 258 g/mol. The van der Waals surface area contributed by atoms with Gasteiger partial charge in [-0.15, -0.1) is 0 Å². The van der Waals surface area contributed by atoms with E-state index in [-0.39, 0.29) is 11.3 Å². The van der Waals surface area contributed by atoms with E-state index in [2.05, 4.69) is 26.1 Å². The van der Waals surface area contributed by atoms with Gasteiger partial charge in [-0.05, 0) is 19.0 Å². The van der Waals surface area contributed by atoms with Crippen LogP contribution in [-0.2, 0) is 10.8 Å². The average molecular weight is 283 g/mol. The van der Waals surface area contributed by atoms with Crippen LogP contribution in [0, 0.1) is 5.92 Å². The SMILES string of the molecule is CNC(CS(=O)C(C)C(C)C)c1ccccc1OC. The van der Waals surface area contributed by atoms with Gasteiger partial charge in [-0.2, -0.15) is 0 Å². The van der Waals surface area contributed by atoms with Crippen molar-refractivity contribution in [3.63, 3.8) is 0 Å². The van der Waals surface area contributed by atoms with Crippen LogP contribution in [0.5, 0.6) is 5.75 Å². The molecule has 0 spiro atoms. The number of benzene rings is 1. The second-order valence-electron chi connectivity index (χ2n) is 5.08. The highest BCUT2D eigenvalue weighted by Crippen LogP contribution is 2.26. The molecule has 0 aliphatic rings. The van der Waals surface area contributed by atoms with Crippen LogP contribution in [0.4, 0.5) is 0 Å². The molecule has 1 rings (SSSR count). The Bertz CT molecular complexity index is 420. The van der Waals surface area contributed by atoms with Crippen LogP contribution < -0.4 is 10.1 Å². The molecular formula is C15H25NO2S. The van der Waals surface area contributed by atoms with Crippen LogP contribution in [0.2, 0.25) is 0 Å². The minimum absolute atomic E-state index is 0.0539. The van der Waals surface area contributed by atoms with Gasteiger partial charge in [0.15, 0.2) is 0 Å². The molecule has 0 heterocycles. The number of para-hydroxylation sites is 1. The van der Waals surface area contributed by atoms with Gasteiger partial charge in [-0.25, -0.2) is 0 Å². The Morgan fingerprint density at radius 1 is 1.26 bits per heavy atom. The van der Waals surface area contributed by atoms with Crippen LogP contribution in [0.1, 0.15) is 32.4 Å². The lowest BCUT2D eigenvalue weighted by Gasteiger charge is -2.22. The van der Waals surface area contributed by atoms with Crippen molar-refractivity contribution in [2.75, 3.05) is 19.9 Å². The van der Waals surface area contributed by atoms with Crippen molar-refractivity contribution < 1.29 is 8.95 Å². The average Bonchev–Trinajstić information content (AvgIpc) is 2.43. The topological polar surface area (TPSA) is 38.3 Å². The van der Waals surface area contributed by atoms with Gasteiger partial charge in [0.2, 0.25) is 0 Å². The summed E-state index contributed by atoms with van der Waals surface area (Å²) >= 11 is 0. The monoisotopic (exact) mass is 283 g/mol. The highest BCUT2D eigenvalue weighted by Gasteiger charge is 2.21. The molecule has 0 saturated heterocycles. The number of methoxy groups -OCH3 is 1. The standard InChI is InChI=1S/C15H25NO2S/c1-11(2)12(3)19(17)10-14(16-4)13-8-6-7-9-15(13)18-5/h6-9,11-12,14,16H,10H2,1-5H3. The van der Waals surface area contributed by atoms with Crippen molar-refractivity contribution in [2.24, 2.45) is 5.92 Å². The fourth-order valence-electron chi connectivity index (χ4n) is 1.90. The van der Waals surface area contributed by atoms with E-state index >= 15 is 0 Å². The predicted octanol–water partition coefficient (Wildman–Crippen LogP) is 2.75. The zero-order chi connectivity index (χ0) is 14.4. The Balaban J connectivity index is 2.86. The second kappa shape index (κ2) is 7.65. The third kappa shape index (κ3) is 4.32. The van der Waals surface area contributed by atoms with Crippen LogP contribution in [0.25, 0.3) is 0 Å². The quantitative estimate of drug-likeness (QED) is 0.836. The lowest BCUT2D eigenvalue weighted by Crippen LogP contribution is -2.28. The number of rotatable bonds is 7. The lowest BCUT2D eigenvalue weighted by molar-refractivity contribution is 0.404. The first kappa shape index (κ1) is 16.2. The van der Waals surface area contributed by atoms with Crippen molar-refractivity contribution >= 4 is 10.8 Å². The van der Waals surface area contributed by atoms with Crippen molar-refractivity contribution in [2.45, 2.75) is 32.1 Å². The van der Waals surface area contributed by atoms with Gasteiger partial charge in [0.05, 0.1) is 7.11 Å². The Hall–Kier alpha value is -0.870. The molecule has 3 unspecified atom stereocenters. The molecule has 19 heavy (non-hydrogen) atoms. The molecule has 3 atom stereocenters. The molecule has 108 valence electrons. The summed E-state index contributed by atoms with van der Waals surface area (Å²) in [5.74, 6) is 1.88. The molecule has 1 aromatic carbocycles. The molecule has 0 fully saturated rings. The van der Waals surface area contributed by atoms with Crippen LogP contribution in [0.15, 0.2) is 24.3 Å². The molecule has 0 aromatic heterocycles. The number of hydrogen-bond acceptors (Lipinski definition) is 3. The van der Waals surface area contributed by atoms with Gasteiger partial charge in [0.1, 0.15) is 5.75 Å². The first-order chi connectivity index (χ1) is 9.01. The summed E-state index contributed by atoms with van der Waals surface area (Å²) in [6, 6.07) is 7.95. The highest BCUT2D eigenvalue weighted by atomic mass is 32.2. The van der Waals surface area contributed by atoms with E-state index in [1.54, 1.807) is 7.11 Å². The van der Waals surface area contributed by atoms with Gasteiger partial charge < -0.3 is 10.1 Å². The summed E-state index contributed by atoms with van der Waals surface area (Å²) in [4.78, 5) is 0. The first-order valence-electron chi connectivity index (χ1n) is 6.68. The Kier molecular flexibility index (Phi) is 6.52. The summed E-state index contributed by atoms with van der Waals surface area (Å²) < 4.78 is 17.7. The van der Waals surface area contributed by atoms with E-state index < -0.39 is 10.8 Å². The molecule has 0 amide bonds. The van der Waals surface area contributed by atoms with E-state index in [0.29, 0.717) is 11.7 Å². The third-order valence-corrected chi connectivity index (χ3v) is 5.58. The smallest absolute Gasteiger partial charge is 0.123 e. The molecule has 0 aliphatic heterocycles. The fraction of sp³-hybridized carbons (Fsp3) is 0.600. The van der Waals surface area contributed by atoms with Crippen molar-refractivity contribution in [1.29, 1.82) is 0 Å². The molecule has 4 heteroatoms. The minimum atomic E-state index is -0.854. The van der Waals surface area contributed by atoms with Crippen molar-refractivity contribution in [1.82, 2.24) is 5.32 Å². The zero-order valence-corrected chi connectivity index (χ0v) is 13.3. The van der Waals surface area contributed by atoms with E-state index in [1.165, 1.54) is 0 Å². The van der Waals surface area contributed by atoms with E-state index in [4.69, 9.17) is 4.74 Å². The summed E-state index contributed by atoms with van der Waals surface area (Å²) in [6.07, 6.45) is 0. The molecule has 3 nitrogen and oxygen atoms in total. The van der Waals surface area contributed by atoms with Crippen LogP contribution in [-0.4, -0.2) is 29.4 Å². The Morgan fingerprint density at radius 3 is 2.42 bits per heavy atom. The molecule has 0 aliphatic carbocycles. The van der Waals surface area contributed by atoms with E-state index in [1.807, 2.05) is 31.3 Å². The van der Waals surface area contributed by atoms with Gasteiger partial charge in [-0.1, -0.05) is 39.0 Å². The van der Waals surface area contributed by atoms with Gasteiger partial charge >= 0.3 is 0 Å².